The summed E-state index contributed by atoms with van der Waals surface area (Å²) in [4.78, 5) is 8.60. The fourth-order valence-electron chi connectivity index (χ4n) is 2.75. The molecule has 3 rings (SSSR count). The first-order valence-electron chi connectivity index (χ1n) is 9.08. The Morgan fingerprint density at radius 3 is 2.07 bits per heavy atom. The SMILES string of the molecule is COc1ccc(OC)c(Nc2cc(Nc3ccc(C(C)(C)C)cc3)ncn2)c1. The molecule has 2 N–H and O–H groups in total. The van der Waals surface area contributed by atoms with Gasteiger partial charge in [-0.2, -0.15) is 0 Å². The number of methoxy groups -OCH3 is 2. The van der Waals surface area contributed by atoms with Gasteiger partial charge in [0, 0.05) is 17.8 Å². The van der Waals surface area contributed by atoms with Gasteiger partial charge < -0.3 is 20.1 Å². The summed E-state index contributed by atoms with van der Waals surface area (Å²) in [5.74, 6) is 2.78. The Morgan fingerprint density at radius 1 is 0.786 bits per heavy atom. The van der Waals surface area contributed by atoms with Crippen LogP contribution in [-0.4, -0.2) is 24.2 Å². The lowest BCUT2D eigenvalue weighted by Gasteiger charge is -2.19. The Labute approximate surface area is 166 Å². The number of rotatable bonds is 6. The summed E-state index contributed by atoms with van der Waals surface area (Å²) in [5, 5.41) is 6.57. The van der Waals surface area contributed by atoms with Crippen LogP contribution in [0.1, 0.15) is 26.3 Å². The molecule has 6 nitrogen and oxygen atoms in total. The van der Waals surface area contributed by atoms with E-state index in [-0.39, 0.29) is 5.41 Å². The van der Waals surface area contributed by atoms with E-state index in [1.54, 1.807) is 14.2 Å². The summed E-state index contributed by atoms with van der Waals surface area (Å²) >= 11 is 0. The van der Waals surface area contributed by atoms with E-state index in [0.717, 1.165) is 17.1 Å². The van der Waals surface area contributed by atoms with Crippen LogP contribution in [-0.2, 0) is 5.41 Å². The van der Waals surface area contributed by atoms with Gasteiger partial charge in [-0.1, -0.05) is 32.9 Å². The van der Waals surface area contributed by atoms with Crippen molar-refractivity contribution in [3.63, 3.8) is 0 Å². The molecule has 0 radical (unpaired) electrons. The molecule has 6 heteroatoms. The monoisotopic (exact) mass is 378 g/mol. The number of nitrogens with zero attached hydrogens (tertiary/aromatic N) is 2. The van der Waals surface area contributed by atoms with Crippen LogP contribution in [0.25, 0.3) is 0 Å². The molecule has 1 aromatic heterocycles. The number of benzene rings is 2. The molecule has 146 valence electrons. The standard InChI is InChI=1S/C22H26N4O2/c1-22(2,3)15-6-8-16(9-7-15)25-20-13-21(24-14-23-20)26-18-12-17(27-4)10-11-19(18)28-5/h6-14H,1-5H3,(H2,23,24,25,26). The van der Waals surface area contributed by atoms with Crippen molar-refractivity contribution in [2.75, 3.05) is 24.9 Å². The van der Waals surface area contributed by atoms with Crippen molar-refractivity contribution in [1.29, 1.82) is 0 Å². The zero-order chi connectivity index (χ0) is 20.1. The number of nitrogens with one attached hydrogen (secondary N) is 2. The molecule has 0 amide bonds. The zero-order valence-electron chi connectivity index (χ0n) is 16.9. The number of hydrogen-bond acceptors (Lipinski definition) is 6. The largest absolute Gasteiger partial charge is 0.497 e. The Balaban J connectivity index is 1.78. The van der Waals surface area contributed by atoms with Crippen LogP contribution in [0, 0.1) is 0 Å². The molecular formula is C22H26N4O2. The van der Waals surface area contributed by atoms with Crippen LogP contribution < -0.4 is 20.1 Å². The third-order valence-corrected chi connectivity index (χ3v) is 4.36. The van der Waals surface area contributed by atoms with E-state index in [0.29, 0.717) is 17.4 Å². The van der Waals surface area contributed by atoms with Crippen LogP contribution >= 0.6 is 0 Å². The average Bonchev–Trinajstić information content (AvgIpc) is 2.68. The van der Waals surface area contributed by atoms with E-state index in [1.165, 1.54) is 11.9 Å². The first kappa shape index (κ1) is 19.5. The molecule has 2 aromatic carbocycles. The maximum Gasteiger partial charge on any atom is 0.142 e. The van der Waals surface area contributed by atoms with Crippen molar-refractivity contribution in [1.82, 2.24) is 9.97 Å². The van der Waals surface area contributed by atoms with Crippen molar-refractivity contribution >= 4 is 23.0 Å². The molecule has 0 saturated carbocycles. The average molecular weight is 378 g/mol. The van der Waals surface area contributed by atoms with Gasteiger partial charge in [0.05, 0.1) is 19.9 Å². The lowest BCUT2D eigenvalue weighted by atomic mass is 9.87. The second-order valence-corrected chi connectivity index (χ2v) is 7.43. The maximum atomic E-state index is 5.40. The van der Waals surface area contributed by atoms with E-state index in [2.05, 4.69) is 65.6 Å². The number of anilines is 4. The predicted octanol–water partition coefficient (Wildman–Crippen LogP) is 5.28. The first-order chi connectivity index (χ1) is 13.4. The minimum absolute atomic E-state index is 0.125. The molecule has 0 atom stereocenters. The maximum absolute atomic E-state index is 5.40. The fraction of sp³-hybridized carbons (Fsp3) is 0.273. The summed E-state index contributed by atoms with van der Waals surface area (Å²) in [7, 11) is 3.25. The first-order valence-corrected chi connectivity index (χ1v) is 9.08. The molecule has 0 aliphatic heterocycles. The highest BCUT2D eigenvalue weighted by Crippen LogP contribution is 2.31. The van der Waals surface area contributed by atoms with Gasteiger partial charge in [-0.05, 0) is 35.2 Å². The van der Waals surface area contributed by atoms with Crippen molar-refractivity contribution < 1.29 is 9.47 Å². The van der Waals surface area contributed by atoms with Crippen LogP contribution in [0.5, 0.6) is 11.5 Å². The third-order valence-electron chi connectivity index (χ3n) is 4.36. The second-order valence-electron chi connectivity index (χ2n) is 7.43. The Bertz CT molecular complexity index is 934. The Kier molecular flexibility index (Phi) is 5.68. The lowest BCUT2D eigenvalue weighted by molar-refractivity contribution is 0.405. The fourth-order valence-corrected chi connectivity index (χ4v) is 2.75. The van der Waals surface area contributed by atoms with Crippen LogP contribution in [0.15, 0.2) is 54.9 Å². The van der Waals surface area contributed by atoms with Gasteiger partial charge in [0.15, 0.2) is 0 Å². The summed E-state index contributed by atoms with van der Waals surface area (Å²) < 4.78 is 10.7. The van der Waals surface area contributed by atoms with Gasteiger partial charge >= 0.3 is 0 Å². The van der Waals surface area contributed by atoms with Crippen LogP contribution in [0.3, 0.4) is 0 Å². The van der Waals surface area contributed by atoms with Gasteiger partial charge in [-0.25, -0.2) is 9.97 Å². The highest BCUT2D eigenvalue weighted by molar-refractivity contribution is 5.68. The predicted molar refractivity (Wildman–Crippen MR) is 113 cm³/mol. The lowest BCUT2D eigenvalue weighted by Crippen LogP contribution is -2.10. The van der Waals surface area contributed by atoms with E-state index < -0.39 is 0 Å². The molecule has 0 saturated heterocycles. The minimum atomic E-state index is 0.125. The quantitative estimate of drug-likeness (QED) is 0.608. The van der Waals surface area contributed by atoms with Gasteiger partial charge in [-0.3, -0.25) is 0 Å². The Hall–Kier alpha value is -3.28. The molecule has 1 heterocycles. The number of aromatic nitrogens is 2. The number of hydrogen-bond donors (Lipinski definition) is 2. The highest BCUT2D eigenvalue weighted by Gasteiger charge is 2.13. The molecule has 0 aliphatic rings. The van der Waals surface area contributed by atoms with Crippen molar-refractivity contribution in [2.45, 2.75) is 26.2 Å². The normalized spacial score (nSPS) is 11.0. The van der Waals surface area contributed by atoms with Crippen molar-refractivity contribution in [3.8, 4) is 11.5 Å². The van der Waals surface area contributed by atoms with Gasteiger partial charge in [0.25, 0.3) is 0 Å². The van der Waals surface area contributed by atoms with Crippen LogP contribution in [0.2, 0.25) is 0 Å². The summed E-state index contributed by atoms with van der Waals surface area (Å²) in [6.45, 7) is 6.60. The summed E-state index contributed by atoms with van der Waals surface area (Å²) in [6, 6.07) is 15.8. The van der Waals surface area contributed by atoms with Gasteiger partial charge in [0.2, 0.25) is 0 Å². The minimum Gasteiger partial charge on any atom is -0.497 e. The highest BCUT2D eigenvalue weighted by atomic mass is 16.5. The molecular weight excluding hydrogens is 352 g/mol. The molecule has 0 aliphatic carbocycles. The molecule has 28 heavy (non-hydrogen) atoms. The Morgan fingerprint density at radius 2 is 1.46 bits per heavy atom. The summed E-state index contributed by atoms with van der Waals surface area (Å²) in [6.07, 6.45) is 1.51. The van der Waals surface area contributed by atoms with Crippen LogP contribution in [0.4, 0.5) is 23.0 Å². The van der Waals surface area contributed by atoms with Gasteiger partial charge in [-0.15, -0.1) is 0 Å². The number of ether oxygens (including phenoxy) is 2. The van der Waals surface area contributed by atoms with Crippen molar-refractivity contribution in [2.24, 2.45) is 0 Å². The van der Waals surface area contributed by atoms with E-state index in [4.69, 9.17) is 9.47 Å². The zero-order valence-corrected chi connectivity index (χ0v) is 16.9. The molecule has 3 aromatic rings. The molecule has 0 bridgehead atoms. The van der Waals surface area contributed by atoms with E-state index in [1.807, 2.05) is 24.3 Å². The smallest absolute Gasteiger partial charge is 0.142 e. The molecule has 0 spiro atoms. The summed E-state index contributed by atoms with van der Waals surface area (Å²) in [5.41, 5.74) is 3.14. The van der Waals surface area contributed by atoms with E-state index >= 15 is 0 Å². The van der Waals surface area contributed by atoms with E-state index in [9.17, 15) is 0 Å². The van der Waals surface area contributed by atoms with Gasteiger partial charge in [0.1, 0.15) is 29.5 Å². The topological polar surface area (TPSA) is 68.3 Å². The molecule has 0 fully saturated rings. The third kappa shape index (κ3) is 4.71. The second kappa shape index (κ2) is 8.17. The van der Waals surface area contributed by atoms with Crippen molar-refractivity contribution in [3.05, 3.63) is 60.4 Å². The molecule has 0 unspecified atom stereocenters.